The van der Waals surface area contributed by atoms with Gasteiger partial charge in [-0.15, -0.1) is 11.3 Å². The van der Waals surface area contributed by atoms with Gasteiger partial charge in [-0.05, 0) is 6.42 Å². The number of hydrogen-bond acceptors (Lipinski definition) is 6. The van der Waals surface area contributed by atoms with E-state index >= 15 is 0 Å². The highest BCUT2D eigenvalue weighted by atomic mass is 32.1. The fraction of sp³-hybridized carbons (Fsp3) is 0.600. The zero-order valence-electron chi connectivity index (χ0n) is 12.5. The second-order valence-electron chi connectivity index (χ2n) is 4.87. The molecule has 2 aromatic heterocycles. The normalized spacial score (nSPS) is 11.0. The van der Waals surface area contributed by atoms with Crippen molar-refractivity contribution in [3.63, 3.8) is 0 Å². The first kappa shape index (κ1) is 15.8. The molecule has 21 heavy (non-hydrogen) atoms. The van der Waals surface area contributed by atoms with E-state index in [2.05, 4.69) is 11.9 Å². The van der Waals surface area contributed by atoms with E-state index in [9.17, 15) is 4.79 Å². The molecule has 0 radical (unpaired) electrons. The maximum atomic E-state index is 11.9. The van der Waals surface area contributed by atoms with Crippen LogP contribution in [0.5, 0.6) is 11.8 Å². The predicted octanol–water partition coefficient (Wildman–Crippen LogP) is 4.00. The van der Waals surface area contributed by atoms with Crippen molar-refractivity contribution in [3.05, 3.63) is 15.8 Å². The first-order chi connectivity index (χ1) is 10.3. The fourth-order valence-electron chi connectivity index (χ4n) is 2.09. The largest absolute Gasteiger partial charge is 0.495 e. The molecule has 0 saturated heterocycles. The van der Waals surface area contributed by atoms with Crippen molar-refractivity contribution >= 4 is 21.6 Å². The lowest BCUT2D eigenvalue weighted by Gasteiger charge is -2.03. The molecule has 0 aliphatic rings. The molecule has 0 bridgehead atoms. The molecule has 0 fully saturated rings. The molecule has 0 saturated carbocycles. The molecule has 6 heteroatoms. The Morgan fingerprint density at radius 1 is 1.24 bits per heavy atom. The van der Waals surface area contributed by atoms with Crippen LogP contribution in [0.4, 0.5) is 0 Å². The monoisotopic (exact) mass is 311 g/mol. The van der Waals surface area contributed by atoms with Gasteiger partial charge in [0, 0.05) is 5.38 Å². The van der Waals surface area contributed by atoms with E-state index in [0.29, 0.717) is 22.6 Å². The maximum absolute atomic E-state index is 11.9. The zero-order valence-corrected chi connectivity index (χ0v) is 13.3. The van der Waals surface area contributed by atoms with E-state index in [-0.39, 0.29) is 6.08 Å². The number of rotatable bonds is 9. The molecule has 0 spiro atoms. The van der Waals surface area contributed by atoms with Crippen LogP contribution in [0.1, 0.15) is 45.4 Å². The molecular weight excluding hydrogens is 290 g/mol. The van der Waals surface area contributed by atoms with Crippen LogP contribution in [0.2, 0.25) is 0 Å². The molecule has 0 unspecified atom stereocenters. The topological polar surface area (TPSA) is 61.6 Å². The van der Waals surface area contributed by atoms with Crippen LogP contribution < -0.4 is 15.1 Å². The summed E-state index contributed by atoms with van der Waals surface area (Å²) in [5.74, 6) is 0.499. The number of hydrogen-bond donors (Lipinski definition) is 0. The van der Waals surface area contributed by atoms with Crippen LogP contribution in [-0.4, -0.2) is 18.7 Å². The number of methoxy groups -OCH3 is 1. The minimum atomic E-state index is -0.462. The van der Waals surface area contributed by atoms with E-state index in [1.165, 1.54) is 44.1 Å². The highest BCUT2D eigenvalue weighted by molar-refractivity contribution is 7.17. The molecule has 0 aliphatic heterocycles. The van der Waals surface area contributed by atoms with Gasteiger partial charge in [-0.2, -0.15) is 4.98 Å². The molecule has 0 atom stereocenters. The SMILES string of the molecule is CCCCCCCCOc1nc2scc(OC)c2c(=O)o1. The van der Waals surface area contributed by atoms with Crippen molar-refractivity contribution in [2.75, 3.05) is 13.7 Å². The Kier molecular flexibility index (Phi) is 6.04. The summed E-state index contributed by atoms with van der Waals surface area (Å²) in [6.45, 7) is 2.72. The smallest absolute Gasteiger partial charge is 0.397 e. The van der Waals surface area contributed by atoms with Crippen molar-refractivity contribution in [3.8, 4) is 11.8 Å². The molecular formula is C15H21NO4S. The van der Waals surface area contributed by atoms with Crippen LogP contribution in [0.25, 0.3) is 10.2 Å². The van der Waals surface area contributed by atoms with Gasteiger partial charge in [0.25, 0.3) is 0 Å². The first-order valence-corrected chi connectivity index (χ1v) is 8.23. The minimum absolute atomic E-state index is 0.0468. The minimum Gasteiger partial charge on any atom is -0.495 e. The number of ether oxygens (including phenoxy) is 2. The zero-order chi connectivity index (χ0) is 15.1. The van der Waals surface area contributed by atoms with Gasteiger partial charge in [0.05, 0.1) is 13.7 Å². The number of thiophene rings is 1. The van der Waals surface area contributed by atoms with Crippen molar-refractivity contribution in [1.82, 2.24) is 4.98 Å². The lowest BCUT2D eigenvalue weighted by atomic mass is 10.1. The summed E-state index contributed by atoms with van der Waals surface area (Å²) in [6, 6.07) is 0. The molecule has 0 amide bonds. The van der Waals surface area contributed by atoms with Crippen LogP contribution in [0.3, 0.4) is 0 Å². The molecule has 2 heterocycles. The average molecular weight is 311 g/mol. The highest BCUT2D eigenvalue weighted by Gasteiger charge is 2.14. The summed E-state index contributed by atoms with van der Waals surface area (Å²) in [7, 11) is 1.52. The second-order valence-corrected chi connectivity index (χ2v) is 5.73. The lowest BCUT2D eigenvalue weighted by molar-refractivity contribution is 0.211. The second kappa shape index (κ2) is 8.02. The number of nitrogens with zero attached hydrogens (tertiary/aromatic N) is 1. The molecule has 2 rings (SSSR count). The Bertz CT molecular complexity index is 620. The lowest BCUT2D eigenvalue weighted by Crippen LogP contribution is -2.05. The van der Waals surface area contributed by atoms with Crippen LogP contribution >= 0.6 is 11.3 Å². The fourth-order valence-corrected chi connectivity index (χ4v) is 2.95. The quantitative estimate of drug-likeness (QED) is 0.655. The Morgan fingerprint density at radius 2 is 2.00 bits per heavy atom. The van der Waals surface area contributed by atoms with Crippen LogP contribution in [-0.2, 0) is 0 Å². The third-order valence-electron chi connectivity index (χ3n) is 3.26. The molecule has 116 valence electrons. The summed E-state index contributed by atoms with van der Waals surface area (Å²) in [4.78, 5) is 16.7. The summed E-state index contributed by atoms with van der Waals surface area (Å²) in [6.07, 6.45) is 7.13. The predicted molar refractivity (Wildman–Crippen MR) is 83.6 cm³/mol. The molecule has 0 aromatic carbocycles. The third-order valence-corrected chi connectivity index (χ3v) is 4.11. The summed E-state index contributed by atoms with van der Waals surface area (Å²) < 4.78 is 15.6. The van der Waals surface area contributed by atoms with Crippen molar-refractivity contribution in [2.45, 2.75) is 45.4 Å². The van der Waals surface area contributed by atoms with Gasteiger partial charge in [0.1, 0.15) is 16.0 Å². The van der Waals surface area contributed by atoms with Gasteiger partial charge in [0.2, 0.25) is 0 Å². The first-order valence-electron chi connectivity index (χ1n) is 7.35. The third kappa shape index (κ3) is 4.20. The molecule has 0 aliphatic carbocycles. The average Bonchev–Trinajstić information content (AvgIpc) is 2.90. The molecule has 5 nitrogen and oxygen atoms in total. The molecule has 2 aromatic rings. The van der Waals surface area contributed by atoms with Gasteiger partial charge >= 0.3 is 11.7 Å². The highest BCUT2D eigenvalue weighted by Crippen LogP contribution is 2.29. The van der Waals surface area contributed by atoms with Crippen molar-refractivity contribution < 1.29 is 13.9 Å². The Morgan fingerprint density at radius 3 is 2.76 bits per heavy atom. The Balaban J connectivity index is 1.87. The van der Waals surface area contributed by atoms with Gasteiger partial charge in [0.15, 0.2) is 0 Å². The van der Waals surface area contributed by atoms with E-state index in [0.717, 1.165) is 12.8 Å². The van der Waals surface area contributed by atoms with Crippen LogP contribution in [0, 0.1) is 0 Å². The van der Waals surface area contributed by atoms with Gasteiger partial charge in [-0.25, -0.2) is 4.79 Å². The van der Waals surface area contributed by atoms with E-state index in [4.69, 9.17) is 13.9 Å². The van der Waals surface area contributed by atoms with E-state index in [1.807, 2.05) is 0 Å². The van der Waals surface area contributed by atoms with Gasteiger partial charge in [-0.1, -0.05) is 39.0 Å². The standard InChI is InChI=1S/C15H21NO4S/c1-3-4-5-6-7-8-9-19-15-16-13-12(14(17)20-15)11(18-2)10-21-13/h10H,3-9H2,1-2H3. The molecule has 0 N–H and O–H groups in total. The number of unbranched alkanes of at least 4 members (excludes halogenated alkanes) is 5. The van der Waals surface area contributed by atoms with Crippen molar-refractivity contribution in [1.29, 1.82) is 0 Å². The van der Waals surface area contributed by atoms with Crippen molar-refractivity contribution in [2.24, 2.45) is 0 Å². The summed E-state index contributed by atoms with van der Waals surface area (Å²) in [5.41, 5.74) is -0.462. The van der Waals surface area contributed by atoms with E-state index < -0.39 is 5.63 Å². The number of aromatic nitrogens is 1. The Hall–Kier alpha value is -1.56. The maximum Gasteiger partial charge on any atom is 0.397 e. The van der Waals surface area contributed by atoms with Gasteiger partial charge < -0.3 is 13.9 Å². The Labute approximate surface area is 127 Å². The van der Waals surface area contributed by atoms with Crippen LogP contribution in [0.15, 0.2) is 14.6 Å². The van der Waals surface area contributed by atoms with E-state index in [1.54, 1.807) is 5.38 Å². The summed E-state index contributed by atoms with van der Waals surface area (Å²) >= 11 is 1.34. The van der Waals surface area contributed by atoms with Gasteiger partial charge in [-0.3, -0.25) is 0 Å². The number of fused-ring (bicyclic) bond motifs is 1. The summed E-state index contributed by atoms with van der Waals surface area (Å²) in [5, 5.41) is 2.13.